The Bertz CT molecular complexity index is 572. The maximum atomic E-state index is 14.0. The maximum Gasteiger partial charge on any atom is 0.377 e. The summed E-state index contributed by atoms with van der Waals surface area (Å²) < 4.78 is 14.0. The third-order valence-electron chi connectivity index (χ3n) is 4.22. The van der Waals surface area contributed by atoms with E-state index in [0.29, 0.717) is 23.4 Å². The van der Waals surface area contributed by atoms with Gasteiger partial charge in [-0.1, -0.05) is 36.5 Å². The number of carbonyl (C=O) groups is 1. The molecule has 0 saturated carbocycles. The van der Waals surface area contributed by atoms with Gasteiger partial charge in [-0.15, -0.1) is 0 Å². The molecule has 22 heavy (non-hydrogen) atoms. The highest BCUT2D eigenvalue weighted by Crippen LogP contribution is 2.39. The molecule has 1 heterocycles. The van der Waals surface area contributed by atoms with Crippen LogP contribution in [0.2, 0.25) is 16.9 Å². The lowest BCUT2D eigenvalue weighted by atomic mass is 9.74. The van der Waals surface area contributed by atoms with Gasteiger partial charge in [-0.2, -0.15) is 0 Å². The van der Waals surface area contributed by atoms with Crippen LogP contribution in [0.4, 0.5) is 4.39 Å². The summed E-state index contributed by atoms with van der Waals surface area (Å²) in [6, 6.07) is 4.67. The molecule has 0 aliphatic carbocycles. The van der Waals surface area contributed by atoms with Crippen LogP contribution >= 0.6 is 23.2 Å². The summed E-state index contributed by atoms with van der Waals surface area (Å²) in [7, 11) is -0.890. The molecule has 120 valence electrons. The lowest BCUT2D eigenvalue weighted by molar-refractivity contribution is 0.0749. The number of benzene rings is 1. The zero-order chi connectivity index (χ0) is 16.5. The van der Waals surface area contributed by atoms with Crippen molar-refractivity contribution >= 4 is 36.0 Å². The lowest BCUT2D eigenvalue weighted by Gasteiger charge is -2.37. The molecular formula is C15H19BCl2FNO2. The molecule has 1 saturated heterocycles. The van der Waals surface area contributed by atoms with Crippen molar-refractivity contribution < 1.29 is 14.2 Å². The molecule has 1 unspecified atom stereocenters. The van der Waals surface area contributed by atoms with Crippen molar-refractivity contribution in [3.05, 3.63) is 33.8 Å². The highest BCUT2D eigenvalue weighted by Gasteiger charge is 2.52. The van der Waals surface area contributed by atoms with Gasteiger partial charge in [0.25, 0.3) is 0 Å². The molecule has 0 amide bonds. The van der Waals surface area contributed by atoms with E-state index in [1.807, 2.05) is 6.92 Å². The van der Waals surface area contributed by atoms with Crippen LogP contribution in [-0.2, 0) is 0 Å². The van der Waals surface area contributed by atoms with Gasteiger partial charge in [0, 0.05) is 18.5 Å². The Kier molecular flexibility index (Phi) is 5.54. The van der Waals surface area contributed by atoms with E-state index in [0.717, 1.165) is 0 Å². The second-order valence-corrected chi connectivity index (χ2v) is 6.64. The largest absolute Gasteiger partial charge is 0.437 e. The van der Waals surface area contributed by atoms with Gasteiger partial charge >= 0.3 is 7.05 Å². The average molecular weight is 346 g/mol. The van der Waals surface area contributed by atoms with Gasteiger partial charge in [-0.25, -0.2) is 4.39 Å². The summed E-state index contributed by atoms with van der Waals surface area (Å²) in [6.07, 6.45) is 0.151. The van der Waals surface area contributed by atoms with Crippen molar-refractivity contribution in [1.82, 2.24) is 4.81 Å². The Labute approximate surface area is 140 Å². The molecule has 1 N–H and O–H groups in total. The third kappa shape index (κ3) is 3.18. The molecule has 1 aliphatic rings. The fraction of sp³-hybridized carbons (Fsp3) is 0.533. The van der Waals surface area contributed by atoms with Crippen molar-refractivity contribution in [3.8, 4) is 0 Å². The van der Waals surface area contributed by atoms with E-state index in [1.165, 1.54) is 6.07 Å². The van der Waals surface area contributed by atoms with Crippen LogP contribution in [0.3, 0.4) is 0 Å². The van der Waals surface area contributed by atoms with Gasteiger partial charge < -0.3 is 9.83 Å². The number of ketones is 1. The molecule has 0 aromatic heterocycles. The number of hydrogen-bond donors (Lipinski definition) is 1. The molecule has 0 radical (unpaired) electrons. The van der Waals surface area contributed by atoms with E-state index in [1.54, 1.807) is 23.8 Å². The summed E-state index contributed by atoms with van der Waals surface area (Å²) in [5.41, 5.74) is -0.637. The van der Waals surface area contributed by atoms with Gasteiger partial charge in [0.1, 0.15) is 6.17 Å². The third-order valence-corrected chi connectivity index (χ3v) is 4.96. The molecule has 0 bridgehead atoms. The molecule has 1 aromatic rings. The number of hydrogen-bond acceptors (Lipinski definition) is 3. The SMILES string of the molecule is CCCC1(C(=O)c2ccc(Cl)c(Cl)c2)C[C@@H](F)CN1B(C)O. The first-order valence-corrected chi connectivity index (χ1v) is 8.16. The quantitative estimate of drug-likeness (QED) is 0.650. The van der Waals surface area contributed by atoms with E-state index >= 15 is 0 Å². The van der Waals surface area contributed by atoms with Gasteiger partial charge in [-0.05, 0) is 31.4 Å². The zero-order valence-electron chi connectivity index (χ0n) is 12.7. The van der Waals surface area contributed by atoms with E-state index in [2.05, 4.69) is 0 Å². The summed E-state index contributed by atoms with van der Waals surface area (Å²) in [6.45, 7) is 3.56. The maximum absolute atomic E-state index is 14.0. The predicted octanol–water partition coefficient (Wildman–Crippen LogP) is 3.87. The van der Waals surface area contributed by atoms with Gasteiger partial charge in [0.15, 0.2) is 5.78 Å². The van der Waals surface area contributed by atoms with Gasteiger partial charge in [0.05, 0.1) is 15.6 Å². The molecule has 0 spiro atoms. The minimum atomic E-state index is -1.13. The number of nitrogens with zero attached hydrogens (tertiary/aromatic N) is 1. The fourth-order valence-electron chi connectivity index (χ4n) is 3.35. The van der Waals surface area contributed by atoms with E-state index in [4.69, 9.17) is 23.2 Å². The van der Waals surface area contributed by atoms with Crippen LogP contribution in [0.5, 0.6) is 0 Å². The Hall–Kier alpha value is -0.615. The number of alkyl halides is 1. The van der Waals surface area contributed by atoms with Crippen LogP contribution < -0.4 is 0 Å². The summed E-state index contributed by atoms with van der Waals surface area (Å²) in [5, 5.41) is 10.6. The Morgan fingerprint density at radius 3 is 2.73 bits per heavy atom. The first-order valence-electron chi connectivity index (χ1n) is 7.40. The van der Waals surface area contributed by atoms with Crippen LogP contribution in [0.15, 0.2) is 18.2 Å². The van der Waals surface area contributed by atoms with Crippen molar-refractivity contribution in [1.29, 1.82) is 0 Å². The van der Waals surface area contributed by atoms with E-state index in [9.17, 15) is 14.2 Å². The zero-order valence-corrected chi connectivity index (χ0v) is 14.2. The van der Waals surface area contributed by atoms with Crippen LogP contribution in [-0.4, -0.2) is 40.9 Å². The first kappa shape index (κ1) is 17.7. The van der Waals surface area contributed by atoms with Crippen LogP contribution in [0.1, 0.15) is 36.5 Å². The number of halogens is 3. The summed E-state index contributed by atoms with van der Waals surface area (Å²) >= 11 is 11.9. The second-order valence-electron chi connectivity index (χ2n) is 5.83. The number of rotatable bonds is 5. The van der Waals surface area contributed by atoms with Crippen LogP contribution in [0, 0.1) is 0 Å². The second kappa shape index (κ2) is 6.87. The van der Waals surface area contributed by atoms with Crippen LogP contribution in [0.25, 0.3) is 0 Å². The van der Waals surface area contributed by atoms with Crippen molar-refractivity contribution in [3.63, 3.8) is 0 Å². The molecule has 2 atom stereocenters. The van der Waals surface area contributed by atoms with Crippen molar-refractivity contribution in [2.24, 2.45) is 0 Å². The van der Waals surface area contributed by atoms with Crippen molar-refractivity contribution in [2.45, 2.75) is 44.7 Å². The van der Waals surface area contributed by atoms with Gasteiger partial charge in [-0.3, -0.25) is 4.79 Å². The standard InChI is InChI=1S/C15H19BCl2FNO2/c1-3-6-15(8-11(19)9-20(15)16(2)22)14(21)10-4-5-12(17)13(18)7-10/h4-5,7,11,22H,3,6,8-9H2,1-2H3/t11-,15?/m1/s1. The molecule has 1 fully saturated rings. The van der Waals surface area contributed by atoms with Gasteiger partial charge in [0.2, 0.25) is 0 Å². The Balaban J connectivity index is 2.45. The monoisotopic (exact) mass is 345 g/mol. The highest BCUT2D eigenvalue weighted by molar-refractivity contribution is 6.46. The minimum absolute atomic E-state index is 0.0602. The summed E-state index contributed by atoms with van der Waals surface area (Å²) in [4.78, 5) is 14.6. The van der Waals surface area contributed by atoms with E-state index in [-0.39, 0.29) is 23.8 Å². The number of Topliss-reactive ketones (excluding diaryl/α,β-unsaturated/α-hetero) is 1. The lowest BCUT2D eigenvalue weighted by Crippen LogP contribution is -2.55. The average Bonchev–Trinajstić information content (AvgIpc) is 2.79. The topological polar surface area (TPSA) is 40.5 Å². The molecule has 1 aromatic carbocycles. The highest BCUT2D eigenvalue weighted by atomic mass is 35.5. The molecule has 7 heteroatoms. The smallest absolute Gasteiger partial charge is 0.377 e. The normalized spacial score (nSPS) is 25.5. The van der Waals surface area contributed by atoms with E-state index < -0.39 is 18.8 Å². The fourth-order valence-corrected chi connectivity index (χ4v) is 3.65. The predicted molar refractivity (Wildman–Crippen MR) is 88.5 cm³/mol. The Morgan fingerprint density at radius 2 is 2.18 bits per heavy atom. The van der Waals surface area contributed by atoms with Crippen molar-refractivity contribution in [2.75, 3.05) is 6.54 Å². The molecule has 1 aliphatic heterocycles. The molecular weight excluding hydrogens is 327 g/mol. The molecule has 2 rings (SSSR count). The number of carbonyl (C=O) groups excluding carboxylic acids is 1. The Morgan fingerprint density at radius 1 is 1.50 bits per heavy atom. The first-order chi connectivity index (χ1) is 10.3. The molecule has 3 nitrogen and oxygen atoms in total. The summed E-state index contributed by atoms with van der Waals surface area (Å²) in [5.74, 6) is -0.214. The minimum Gasteiger partial charge on any atom is -0.437 e.